The van der Waals surface area contributed by atoms with Gasteiger partial charge in [-0.05, 0) is 119 Å². The Morgan fingerprint density at radius 2 is 1.63 bits per heavy atom. The molecule has 0 bridgehead atoms. The van der Waals surface area contributed by atoms with Crippen LogP contribution in [0, 0.1) is 11.8 Å². The number of ether oxygens (including phenoxy) is 3. The fourth-order valence-corrected chi connectivity index (χ4v) is 11.0. The van der Waals surface area contributed by atoms with E-state index in [2.05, 4.69) is 55.9 Å². The Morgan fingerprint density at radius 3 is 2.27 bits per heavy atom. The lowest BCUT2D eigenvalue weighted by Crippen LogP contribution is -2.68. The van der Waals surface area contributed by atoms with Crippen LogP contribution in [0.3, 0.4) is 0 Å². The number of hydrogen-bond donors (Lipinski definition) is 1. The van der Waals surface area contributed by atoms with Gasteiger partial charge in [0, 0.05) is 42.6 Å². The molecule has 1 aliphatic heterocycles. The zero-order valence-electron chi connectivity index (χ0n) is 38.8. The number of ketones is 2. The molecular weight excluding hydrogens is 817 g/mol. The van der Waals surface area contributed by atoms with Gasteiger partial charge in [0.1, 0.15) is 23.5 Å². The van der Waals surface area contributed by atoms with E-state index in [4.69, 9.17) is 23.2 Å². The van der Waals surface area contributed by atoms with Gasteiger partial charge in [-0.25, -0.2) is 4.79 Å². The molecule has 3 aromatic carbocycles. The quantitative estimate of drug-likeness (QED) is 0.0702. The number of aliphatic hydroxyl groups excluding tert-OH is 1. The summed E-state index contributed by atoms with van der Waals surface area (Å²) in [4.78, 5) is 51.8. The number of likely N-dealkylation sites (tertiary alicyclic amines) is 1. The van der Waals surface area contributed by atoms with Crippen molar-refractivity contribution in [3.63, 3.8) is 0 Å². The van der Waals surface area contributed by atoms with Gasteiger partial charge in [0.05, 0.1) is 11.6 Å². The normalized spacial score (nSPS) is 23.0. The summed E-state index contributed by atoms with van der Waals surface area (Å²) in [5, 5.41) is 18.1. The Balaban J connectivity index is 1.30. The summed E-state index contributed by atoms with van der Waals surface area (Å²) >= 11 is 0. The van der Waals surface area contributed by atoms with E-state index in [1.165, 1.54) is 0 Å². The van der Waals surface area contributed by atoms with Crippen molar-refractivity contribution < 1.29 is 42.6 Å². The molecule has 0 radical (unpaired) electrons. The van der Waals surface area contributed by atoms with Crippen molar-refractivity contribution in [2.75, 3.05) is 41.3 Å². The van der Waals surface area contributed by atoms with Gasteiger partial charge in [-0.1, -0.05) is 69.3 Å². The molecule has 13 nitrogen and oxygen atoms in total. The highest BCUT2D eigenvalue weighted by atomic mass is 28.4. The van der Waals surface area contributed by atoms with E-state index in [0.29, 0.717) is 42.1 Å². The lowest BCUT2D eigenvalue weighted by molar-refractivity contribution is -0.140. The first-order chi connectivity index (χ1) is 29.5. The number of nitrogens with zero attached hydrogens (tertiary/aromatic N) is 4. The number of benzene rings is 3. The molecule has 0 amide bonds. The van der Waals surface area contributed by atoms with Crippen LogP contribution in [0.5, 0.6) is 11.6 Å². The monoisotopic (exact) mass is 878 g/mol. The minimum absolute atomic E-state index is 0.0183. The summed E-state index contributed by atoms with van der Waals surface area (Å²) in [5.41, 5.74) is 0.0120. The van der Waals surface area contributed by atoms with Crippen molar-refractivity contribution in [3.8, 4) is 11.6 Å². The summed E-state index contributed by atoms with van der Waals surface area (Å²) in [5.74, 6) is -2.38. The van der Waals surface area contributed by atoms with Crippen molar-refractivity contribution in [1.82, 2.24) is 19.9 Å². The van der Waals surface area contributed by atoms with Crippen LogP contribution in [0.4, 0.5) is 4.79 Å². The number of likely N-dealkylation sites (N-methyl/N-ethyl adjacent to an activating group) is 1. The van der Waals surface area contributed by atoms with E-state index in [-0.39, 0.29) is 40.7 Å². The van der Waals surface area contributed by atoms with Gasteiger partial charge in [-0.15, -0.1) is 0 Å². The average molecular weight is 879 g/mol. The Morgan fingerprint density at radius 1 is 0.937 bits per heavy atom. The average Bonchev–Trinajstić information content (AvgIpc) is 3.58. The summed E-state index contributed by atoms with van der Waals surface area (Å²) in [7, 11) is 4.98. The number of hydrogen-bond acceptors (Lipinski definition) is 13. The van der Waals surface area contributed by atoms with Crippen LogP contribution in [-0.2, 0) is 33.5 Å². The molecule has 2 heterocycles. The van der Waals surface area contributed by atoms with Crippen LogP contribution in [0.15, 0.2) is 64.7 Å². The zero-order valence-corrected chi connectivity index (χ0v) is 39.8. The smallest absolute Gasteiger partial charge is 0.507 e. The Bertz CT molecular complexity index is 2490. The molecule has 4 atom stereocenters. The predicted octanol–water partition coefficient (Wildman–Crippen LogP) is 8.76. The Labute approximate surface area is 371 Å². The third-order valence-corrected chi connectivity index (χ3v) is 18.2. The Hall–Kier alpha value is -4.86. The lowest BCUT2D eigenvalue weighted by Gasteiger charge is -2.55. The minimum Gasteiger partial charge on any atom is -0.507 e. The third-order valence-electron chi connectivity index (χ3n) is 13.8. The highest BCUT2D eigenvalue weighted by molar-refractivity contribution is 6.74. The molecule has 1 saturated heterocycles. The van der Waals surface area contributed by atoms with Gasteiger partial charge in [0.2, 0.25) is 11.6 Å². The second-order valence-corrected chi connectivity index (χ2v) is 25.6. The molecular formula is C49H62N4O9Si. The molecule has 4 aromatic rings. The first-order valence-electron chi connectivity index (χ1n) is 21.9. The second-order valence-electron chi connectivity index (χ2n) is 20.8. The minimum atomic E-state index is -2.97. The van der Waals surface area contributed by atoms with E-state index >= 15 is 9.59 Å². The van der Waals surface area contributed by atoms with Crippen LogP contribution in [0.2, 0.25) is 18.1 Å². The van der Waals surface area contributed by atoms with Crippen molar-refractivity contribution in [1.29, 1.82) is 0 Å². The summed E-state index contributed by atoms with van der Waals surface area (Å²) < 4.78 is 31.4. The lowest BCUT2D eigenvalue weighted by atomic mass is 9.57. The van der Waals surface area contributed by atoms with Gasteiger partial charge < -0.3 is 33.2 Å². The SMILES string of the molecule is CN(C)C1CN(Cc2ccc3cc4c(c(OC(=O)OC(C)(C)C)c3c2)C(O)=C2C(=O)[C@]3(O[Si](C)(C)C(C)(C)C)C(=O)c5c(OCc6ccccc6)noc5[C@@H](N(C)C)[C@@H]3C[C@@H]2C4)C1. The molecule has 336 valence electrons. The Kier molecular flexibility index (Phi) is 11.3. The largest absolute Gasteiger partial charge is 0.514 e. The summed E-state index contributed by atoms with van der Waals surface area (Å²) in [6, 6.07) is 17.5. The fourth-order valence-electron chi connectivity index (χ4n) is 9.56. The molecule has 3 aliphatic carbocycles. The zero-order chi connectivity index (χ0) is 45.6. The third kappa shape index (κ3) is 7.92. The van der Waals surface area contributed by atoms with Gasteiger partial charge in [-0.3, -0.25) is 19.4 Å². The van der Waals surface area contributed by atoms with E-state index in [0.717, 1.165) is 29.6 Å². The molecule has 0 unspecified atom stereocenters. The second kappa shape index (κ2) is 16.0. The highest BCUT2D eigenvalue weighted by Gasteiger charge is 2.69. The van der Waals surface area contributed by atoms with E-state index in [1.54, 1.807) is 20.8 Å². The molecule has 1 aromatic heterocycles. The molecule has 1 N–H and O–H groups in total. The standard InChI is InChI=1S/C49H62N4O9Si/c1-47(2,3)60-46(57)59-41-34-20-29(24-53-25-33(26-53)51(7)8)18-19-30(34)21-31-22-32-23-35-39(52(9)10)42-38(45(50-61-42)58-27-28-16-14-13-15-17-28)44(56)49(35,62-63(11,12)48(4,5)6)43(55)37(32)40(54)36(31)41/h13-21,32-33,35,39,54H,22-27H2,1-12H3/t32-,35-,39-,49-/m0/s1. The summed E-state index contributed by atoms with van der Waals surface area (Å²) in [6.07, 6.45) is -0.304. The molecule has 0 spiro atoms. The van der Waals surface area contributed by atoms with Gasteiger partial charge in [-0.2, -0.15) is 0 Å². The van der Waals surface area contributed by atoms with Crippen LogP contribution in [-0.4, -0.2) is 110 Å². The molecule has 8 rings (SSSR count). The van der Waals surface area contributed by atoms with Gasteiger partial charge in [0.15, 0.2) is 25.4 Å². The number of aliphatic hydroxyl groups is 1. The maximum absolute atomic E-state index is 16.0. The van der Waals surface area contributed by atoms with Gasteiger partial charge in [0.25, 0.3) is 5.88 Å². The molecule has 4 aliphatic rings. The highest BCUT2D eigenvalue weighted by Crippen LogP contribution is 2.59. The number of rotatable bonds is 10. The molecule has 1 saturated carbocycles. The van der Waals surface area contributed by atoms with Crippen molar-refractivity contribution in [3.05, 3.63) is 93.7 Å². The topological polar surface area (TPSA) is 144 Å². The predicted molar refractivity (Wildman–Crippen MR) is 242 cm³/mol. The molecule has 2 fully saturated rings. The van der Waals surface area contributed by atoms with E-state index in [9.17, 15) is 9.90 Å². The van der Waals surface area contributed by atoms with Crippen molar-refractivity contribution >= 4 is 42.6 Å². The van der Waals surface area contributed by atoms with Crippen molar-refractivity contribution in [2.45, 2.75) is 109 Å². The number of carbonyl (C=O) groups excluding carboxylic acids is 3. The van der Waals surface area contributed by atoms with Crippen LogP contribution < -0.4 is 9.47 Å². The maximum Gasteiger partial charge on any atom is 0.514 e. The first kappa shape index (κ1) is 44.7. The first-order valence-corrected chi connectivity index (χ1v) is 24.9. The van der Waals surface area contributed by atoms with Crippen LogP contribution in [0.25, 0.3) is 16.5 Å². The van der Waals surface area contributed by atoms with E-state index in [1.807, 2.05) is 80.6 Å². The maximum atomic E-state index is 16.0. The van der Waals surface area contributed by atoms with Crippen molar-refractivity contribution in [2.24, 2.45) is 11.8 Å². The number of Topliss-reactive ketones (excluding diaryl/α,β-unsaturated/α-hetero) is 2. The van der Waals surface area contributed by atoms with E-state index < -0.39 is 60.2 Å². The van der Waals surface area contributed by atoms with Crippen LogP contribution in [0.1, 0.15) is 92.4 Å². The summed E-state index contributed by atoms with van der Waals surface area (Å²) in [6.45, 7) is 18.1. The molecule has 14 heteroatoms. The fraction of sp³-hybridized carbons (Fsp3) is 0.510. The number of fused-ring (bicyclic) bond motifs is 5. The van der Waals surface area contributed by atoms with Crippen LogP contribution >= 0.6 is 0 Å². The number of carbonyl (C=O) groups is 3. The number of aromatic nitrogens is 1. The molecule has 63 heavy (non-hydrogen) atoms. The van der Waals surface area contributed by atoms with Gasteiger partial charge >= 0.3 is 6.16 Å².